The van der Waals surface area contributed by atoms with Crippen molar-refractivity contribution in [3.05, 3.63) is 77.4 Å². The van der Waals surface area contributed by atoms with Gasteiger partial charge < -0.3 is 10.1 Å². The third kappa shape index (κ3) is 4.89. The van der Waals surface area contributed by atoms with Crippen LogP contribution in [0.2, 0.25) is 0 Å². The van der Waals surface area contributed by atoms with Gasteiger partial charge in [-0.05, 0) is 23.3 Å². The van der Waals surface area contributed by atoms with Crippen LogP contribution in [0.15, 0.2) is 60.7 Å². The highest BCUT2D eigenvalue weighted by Crippen LogP contribution is 2.07. The highest BCUT2D eigenvalue weighted by Gasteiger charge is 2.02. The van der Waals surface area contributed by atoms with E-state index >= 15 is 0 Å². The van der Waals surface area contributed by atoms with Gasteiger partial charge >= 0.3 is 5.97 Å². The first-order chi connectivity index (χ1) is 10.3. The van der Waals surface area contributed by atoms with E-state index in [1.165, 1.54) is 12.7 Å². The van der Waals surface area contributed by atoms with Gasteiger partial charge in [0.1, 0.15) is 0 Å². The normalized spacial score (nSPS) is 10.7. The monoisotopic (exact) mass is 281 g/mol. The molecule has 0 aromatic heterocycles. The number of methoxy groups -OCH3 is 1. The molecule has 0 bridgehead atoms. The summed E-state index contributed by atoms with van der Waals surface area (Å²) >= 11 is 0. The molecule has 3 nitrogen and oxygen atoms in total. The minimum absolute atomic E-state index is 0.310. The lowest BCUT2D eigenvalue weighted by Gasteiger charge is -2.01. The second-order valence-electron chi connectivity index (χ2n) is 4.63. The molecule has 0 aliphatic carbocycles. The lowest BCUT2D eigenvalue weighted by atomic mass is 10.1. The third-order valence-corrected chi connectivity index (χ3v) is 3.08. The van der Waals surface area contributed by atoms with Crippen molar-refractivity contribution >= 4 is 12.0 Å². The van der Waals surface area contributed by atoms with Gasteiger partial charge in [-0.2, -0.15) is 0 Å². The van der Waals surface area contributed by atoms with Crippen LogP contribution in [0.3, 0.4) is 0 Å². The van der Waals surface area contributed by atoms with Gasteiger partial charge in [-0.1, -0.05) is 54.6 Å². The number of nitrogens with one attached hydrogen (secondary N) is 1. The van der Waals surface area contributed by atoms with E-state index < -0.39 is 0 Å². The molecule has 2 aromatic carbocycles. The first-order valence-corrected chi connectivity index (χ1v) is 6.89. The summed E-state index contributed by atoms with van der Waals surface area (Å²) in [6.45, 7) is 1.65. The molecule has 108 valence electrons. The molecule has 0 heterocycles. The van der Waals surface area contributed by atoms with Gasteiger partial charge in [0.15, 0.2) is 0 Å². The smallest absolute Gasteiger partial charge is 0.337 e. The molecule has 3 heteroatoms. The van der Waals surface area contributed by atoms with Gasteiger partial charge in [-0.15, -0.1) is 0 Å². The second kappa shape index (κ2) is 8.02. The van der Waals surface area contributed by atoms with Crippen molar-refractivity contribution in [3.8, 4) is 0 Å². The molecule has 1 N–H and O–H groups in total. The van der Waals surface area contributed by atoms with E-state index in [0.29, 0.717) is 5.56 Å². The van der Waals surface area contributed by atoms with Crippen LogP contribution in [0.5, 0.6) is 0 Å². The summed E-state index contributed by atoms with van der Waals surface area (Å²) < 4.78 is 4.66. The molecule has 0 atom stereocenters. The van der Waals surface area contributed by atoms with Crippen molar-refractivity contribution in [2.24, 2.45) is 0 Å². The number of hydrogen-bond donors (Lipinski definition) is 1. The Kier molecular flexibility index (Phi) is 5.73. The van der Waals surface area contributed by atoms with E-state index in [1.54, 1.807) is 12.1 Å². The van der Waals surface area contributed by atoms with Crippen LogP contribution in [0, 0.1) is 0 Å². The number of hydrogen-bond acceptors (Lipinski definition) is 3. The first kappa shape index (κ1) is 15.0. The number of rotatable bonds is 6. The maximum atomic E-state index is 11.3. The molecule has 0 aliphatic rings. The third-order valence-electron chi connectivity index (χ3n) is 3.08. The molecule has 0 unspecified atom stereocenters. The van der Waals surface area contributed by atoms with Gasteiger partial charge in [0, 0.05) is 13.1 Å². The van der Waals surface area contributed by atoms with Crippen molar-refractivity contribution < 1.29 is 9.53 Å². The standard InChI is InChI=1S/C18H19NO2/c1-21-18(20)17-11-9-15(10-12-17)8-5-13-19-14-16-6-3-2-4-7-16/h2-12,19H,13-14H2,1H3/b8-5+. The highest BCUT2D eigenvalue weighted by atomic mass is 16.5. The number of carbonyl (C=O) groups excluding carboxylic acids is 1. The number of benzene rings is 2. The summed E-state index contributed by atoms with van der Waals surface area (Å²) in [5.41, 5.74) is 2.90. The summed E-state index contributed by atoms with van der Waals surface area (Å²) in [5, 5.41) is 3.35. The fourth-order valence-corrected chi connectivity index (χ4v) is 1.94. The van der Waals surface area contributed by atoms with Gasteiger partial charge in [0.2, 0.25) is 0 Å². The minimum atomic E-state index is -0.310. The van der Waals surface area contributed by atoms with Crippen LogP contribution in [0.1, 0.15) is 21.5 Å². The van der Waals surface area contributed by atoms with Crippen molar-refractivity contribution in [2.75, 3.05) is 13.7 Å². The van der Waals surface area contributed by atoms with Crippen LogP contribution in [0.25, 0.3) is 6.08 Å². The lowest BCUT2D eigenvalue weighted by molar-refractivity contribution is 0.0601. The summed E-state index contributed by atoms with van der Waals surface area (Å²) in [6, 6.07) is 17.6. The predicted molar refractivity (Wildman–Crippen MR) is 85.0 cm³/mol. The lowest BCUT2D eigenvalue weighted by Crippen LogP contribution is -2.12. The molecule has 2 rings (SSSR count). The minimum Gasteiger partial charge on any atom is -0.465 e. The Balaban J connectivity index is 1.78. The Morgan fingerprint density at radius 1 is 1.10 bits per heavy atom. The molecule has 0 fully saturated rings. The van der Waals surface area contributed by atoms with Gasteiger partial charge in [-0.3, -0.25) is 0 Å². The van der Waals surface area contributed by atoms with Gasteiger partial charge in [0.25, 0.3) is 0 Å². The van der Waals surface area contributed by atoms with Crippen LogP contribution in [0.4, 0.5) is 0 Å². The second-order valence-corrected chi connectivity index (χ2v) is 4.63. The van der Waals surface area contributed by atoms with E-state index in [4.69, 9.17) is 0 Å². The zero-order chi connectivity index (χ0) is 14.9. The van der Waals surface area contributed by atoms with E-state index in [9.17, 15) is 4.79 Å². The van der Waals surface area contributed by atoms with Crippen LogP contribution in [-0.2, 0) is 11.3 Å². The van der Waals surface area contributed by atoms with Crippen LogP contribution in [-0.4, -0.2) is 19.6 Å². The summed E-state index contributed by atoms with van der Waals surface area (Å²) in [5.74, 6) is -0.310. The zero-order valence-electron chi connectivity index (χ0n) is 12.1. The fraction of sp³-hybridized carbons (Fsp3) is 0.167. The van der Waals surface area contributed by atoms with Crippen molar-refractivity contribution in [1.82, 2.24) is 5.32 Å². The Bertz CT molecular complexity index is 588. The quantitative estimate of drug-likeness (QED) is 0.652. The molecular weight excluding hydrogens is 262 g/mol. The number of carbonyl (C=O) groups is 1. The molecule has 0 radical (unpaired) electrons. The Morgan fingerprint density at radius 2 is 1.81 bits per heavy atom. The summed E-state index contributed by atoms with van der Waals surface area (Å²) in [6.07, 6.45) is 4.09. The summed E-state index contributed by atoms with van der Waals surface area (Å²) in [4.78, 5) is 11.3. The highest BCUT2D eigenvalue weighted by molar-refractivity contribution is 5.89. The molecule has 0 saturated heterocycles. The SMILES string of the molecule is COC(=O)c1ccc(/C=C/CNCc2ccccc2)cc1. The first-order valence-electron chi connectivity index (χ1n) is 6.89. The molecular formula is C18H19NO2. The summed E-state index contributed by atoms with van der Waals surface area (Å²) in [7, 11) is 1.38. The van der Waals surface area contributed by atoms with Gasteiger partial charge in [-0.25, -0.2) is 4.79 Å². The van der Waals surface area contributed by atoms with E-state index in [0.717, 1.165) is 18.7 Å². The average Bonchev–Trinajstić information content (AvgIpc) is 2.55. The molecule has 2 aromatic rings. The molecule has 0 amide bonds. The number of esters is 1. The predicted octanol–water partition coefficient (Wildman–Crippen LogP) is 3.28. The van der Waals surface area contributed by atoms with E-state index in [-0.39, 0.29) is 5.97 Å². The largest absolute Gasteiger partial charge is 0.465 e. The molecule has 0 aliphatic heterocycles. The van der Waals surface area contributed by atoms with E-state index in [1.807, 2.05) is 36.4 Å². The van der Waals surface area contributed by atoms with Crippen LogP contribution >= 0.6 is 0 Å². The van der Waals surface area contributed by atoms with Crippen molar-refractivity contribution in [3.63, 3.8) is 0 Å². The van der Waals surface area contributed by atoms with Gasteiger partial charge in [0.05, 0.1) is 12.7 Å². The Labute approximate surface area is 125 Å². The molecule has 21 heavy (non-hydrogen) atoms. The molecule has 0 saturated carbocycles. The number of ether oxygens (including phenoxy) is 1. The Morgan fingerprint density at radius 3 is 2.48 bits per heavy atom. The topological polar surface area (TPSA) is 38.3 Å². The van der Waals surface area contributed by atoms with E-state index in [2.05, 4.69) is 28.3 Å². The maximum Gasteiger partial charge on any atom is 0.337 e. The zero-order valence-corrected chi connectivity index (χ0v) is 12.1. The van der Waals surface area contributed by atoms with Crippen LogP contribution < -0.4 is 5.32 Å². The van der Waals surface area contributed by atoms with Crippen molar-refractivity contribution in [1.29, 1.82) is 0 Å². The molecule has 0 spiro atoms. The average molecular weight is 281 g/mol. The Hall–Kier alpha value is -2.39. The maximum absolute atomic E-state index is 11.3. The van der Waals surface area contributed by atoms with Crippen molar-refractivity contribution in [2.45, 2.75) is 6.54 Å². The fourth-order valence-electron chi connectivity index (χ4n) is 1.94.